The fraction of sp³-hybridized carbons (Fsp3) is 0.0588. The Balaban J connectivity index is 2.12. The molecule has 0 radical (unpaired) electrons. The first kappa shape index (κ1) is 12.2. The standard InChI is InChI=1S/C17H12N2O/c1-11-2-5-13(6-3-11)17(20)15-10-19-16-7-4-12(9-18)8-14(15)16/h2-8,10,19H,1H3. The molecule has 0 aliphatic carbocycles. The zero-order valence-corrected chi connectivity index (χ0v) is 11.0. The van der Waals surface area contributed by atoms with Crippen molar-refractivity contribution in [2.75, 3.05) is 0 Å². The Hall–Kier alpha value is -2.86. The second kappa shape index (κ2) is 4.67. The van der Waals surface area contributed by atoms with E-state index in [4.69, 9.17) is 5.26 Å². The van der Waals surface area contributed by atoms with Gasteiger partial charge >= 0.3 is 0 Å². The molecule has 0 bridgehead atoms. The van der Waals surface area contributed by atoms with Crippen molar-refractivity contribution >= 4 is 16.7 Å². The summed E-state index contributed by atoms with van der Waals surface area (Å²) in [4.78, 5) is 15.6. The molecular weight excluding hydrogens is 248 g/mol. The van der Waals surface area contributed by atoms with Crippen molar-refractivity contribution in [2.24, 2.45) is 0 Å². The van der Waals surface area contributed by atoms with Crippen LogP contribution in [0.25, 0.3) is 10.9 Å². The van der Waals surface area contributed by atoms with Crippen molar-refractivity contribution in [3.63, 3.8) is 0 Å². The third kappa shape index (κ3) is 1.98. The molecule has 96 valence electrons. The lowest BCUT2D eigenvalue weighted by Crippen LogP contribution is -2.00. The van der Waals surface area contributed by atoms with Gasteiger partial charge < -0.3 is 4.98 Å². The number of ketones is 1. The predicted octanol–water partition coefficient (Wildman–Crippen LogP) is 3.58. The highest BCUT2D eigenvalue weighted by Gasteiger charge is 2.14. The molecule has 20 heavy (non-hydrogen) atoms. The van der Waals surface area contributed by atoms with Gasteiger partial charge in [-0.3, -0.25) is 4.79 Å². The summed E-state index contributed by atoms with van der Waals surface area (Å²) in [5.74, 6) is -0.0358. The summed E-state index contributed by atoms with van der Waals surface area (Å²) < 4.78 is 0. The van der Waals surface area contributed by atoms with Gasteiger partial charge in [0.2, 0.25) is 0 Å². The summed E-state index contributed by atoms with van der Waals surface area (Å²) in [5, 5.41) is 9.75. The average molecular weight is 260 g/mol. The van der Waals surface area contributed by atoms with Crippen LogP contribution < -0.4 is 0 Å². The van der Waals surface area contributed by atoms with Gasteiger partial charge in [-0.25, -0.2) is 0 Å². The van der Waals surface area contributed by atoms with E-state index in [1.54, 1.807) is 18.3 Å². The summed E-state index contributed by atoms with van der Waals surface area (Å²) in [7, 11) is 0. The number of aromatic nitrogens is 1. The van der Waals surface area contributed by atoms with Gasteiger partial charge in [0.15, 0.2) is 5.78 Å². The number of hydrogen-bond donors (Lipinski definition) is 1. The molecule has 0 amide bonds. The van der Waals surface area contributed by atoms with Crippen LogP contribution in [0.3, 0.4) is 0 Å². The van der Waals surface area contributed by atoms with Crippen molar-refractivity contribution in [3.8, 4) is 6.07 Å². The summed E-state index contributed by atoms with van der Waals surface area (Å²) in [6, 6.07) is 14.9. The molecule has 0 aliphatic rings. The maximum absolute atomic E-state index is 12.5. The van der Waals surface area contributed by atoms with Gasteiger partial charge in [0.05, 0.1) is 11.6 Å². The Morgan fingerprint density at radius 1 is 1.15 bits per heavy atom. The molecule has 3 aromatic rings. The molecule has 0 aliphatic heterocycles. The van der Waals surface area contributed by atoms with Crippen molar-refractivity contribution in [3.05, 3.63) is 70.9 Å². The molecule has 0 saturated carbocycles. The number of nitriles is 1. The summed E-state index contributed by atoms with van der Waals surface area (Å²) >= 11 is 0. The molecule has 1 aromatic heterocycles. The molecule has 0 spiro atoms. The van der Waals surface area contributed by atoms with E-state index in [-0.39, 0.29) is 5.78 Å². The van der Waals surface area contributed by atoms with E-state index in [9.17, 15) is 4.79 Å². The van der Waals surface area contributed by atoms with Gasteiger partial charge in [-0.05, 0) is 25.1 Å². The molecule has 2 aromatic carbocycles. The van der Waals surface area contributed by atoms with Crippen molar-refractivity contribution in [2.45, 2.75) is 6.92 Å². The van der Waals surface area contributed by atoms with Crippen LogP contribution in [0.4, 0.5) is 0 Å². The van der Waals surface area contributed by atoms with Crippen LogP contribution >= 0.6 is 0 Å². The van der Waals surface area contributed by atoms with Crippen LogP contribution in [0.1, 0.15) is 27.0 Å². The van der Waals surface area contributed by atoms with E-state index in [0.717, 1.165) is 16.5 Å². The number of aromatic amines is 1. The molecule has 0 unspecified atom stereocenters. The number of carbonyl (C=O) groups excluding carboxylic acids is 1. The Bertz CT molecular complexity index is 836. The fourth-order valence-electron chi connectivity index (χ4n) is 2.24. The minimum atomic E-state index is -0.0358. The van der Waals surface area contributed by atoms with E-state index in [1.807, 2.05) is 37.3 Å². The third-order valence-corrected chi connectivity index (χ3v) is 3.37. The van der Waals surface area contributed by atoms with E-state index >= 15 is 0 Å². The van der Waals surface area contributed by atoms with Gasteiger partial charge in [0, 0.05) is 28.2 Å². The van der Waals surface area contributed by atoms with Crippen LogP contribution in [0, 0.1) is 18.3 Å². The topological polar surface area (TPSA) is 56.6 Å². The second-order valence-electron chi connectivity index (χ2n) is 4.77. The molecule has 1 N–H and O–H groups in total. The molecule has 3 rings (SSSR count). The third-order valence-electron chi connectivity index (χ3n) is 3.37. The maximum atomic E-state index is 12.5. The van der Waals surface area contributed by atoms with Crippen LogP contribution in [-0.4, -0.2) is 10.8 Å². The normalized spacial score (nSPS) is 10.4. The van der Waals surface area contributed by atoms with E-state index in [0.29, 0.717) is 16.7 Å². The smallest absolute Gasteiger partial charge is 0.195 e. The first-order valence-electron chi connectivity index (χ1n) is 6.31. The zero-order valence-electron chi connectivity index (χ0n) is 11.0. The minimum absolute atomic E-state index is 0.0358. The number of rotatable bonds is 2. The van der Waals surface area contributed by atoms with E-state index < -0.39 is 0 Å². The first-order valence-corrected chi connectivity index (χ1v) is 6.31. The highest BCUT2D eigenvalue weighted by molar-refractivity contribution is 6.16. The molecule has 0 atom stereocenters. The lowest BCUT2D eigenvalue weighted by molar-refractivity contribution is 0.104. The number of hydrogen-bond acceptors (Lipinski definition) is 2. The van der Waals surface area contributed by atoms with Gasteiger partial charge in [0.25, 0.3) is 0 Å². The van der Waals surface area contributed by atoms with Crippen LogP contribution in [0.15, 0.2) is 48.7 Å². The van der Waals surface area contributed by atoms with E-state index in [2.05, 4.69) is 11.1 Å². The molecule has 1 heterocycles. The quantitative estimate of drug-likeness (QED) is 0.716. The van der Waals surface area contributed by atoms with Gasteiger partial charge in [-0.15, -0.1) is 0 Å². The van der Waals surface area contributed by atoms with E-state index in [1.165, 1.54) is 0 Å². The maximum Gasteiger partial charge on any atom is 0.195 e. The Kier molecular flexibility index (Phi) is 2.85. The fourth-order valence-corrected chi connectivity index (χ4v) is 2.24. The number of nitrogens with zero attached hydrogens (tertiary/aromatic N) is 1. The number of carbonyl (C=O) groups is 1. The number of benzene rings is 2. The number of nitrogens with one attached hydrogen (secondary N) is 1. The van der Waals surface area contributed by atoms with Crippen molar-refractivity contribution in [1.29, 1.82) is 5.26 Å². The predicted molar refractivity (Wildman–Crippen MR) is 77.6 cm³/mol. The molecular formula is C17H12N2O. The molecule has 0 saturated heterocycles. The molecule has 3 heteroatoms. The van der Waals surface area contributed by atoms with Gasteiger partial charge in [-0.1, -0.05) is 29.8 Å². The SMILES string of the molecule is Cc1ccc(C(=O)c2c[nH]c3ccc(C#N)cc23)cc1. The highest BCUT2D eigenvalue weighted by Crippen LogP contribution is 2.22. The Morgan fingerprint density at radius 2 is 1.90 bits per heavy atom. The zero-order chi connectivity index (χ0) is 14.1. The largest absolute Gasteiger partial charge is 0.360 e. The van der Waals surface area contributed by atoms with Crippen molar-refractivity contribution in [1.82, 2.24) is 4.98 Å². The summed E-state index contributed by atoms with van der Waals surface area (Å²) in [5.41, 5.74) is 3.78. The van der Waals surface area contributed by atoms with Gasteiger partial charge in [0.1, 0.15) is 0 Å². The van der Waals surface area contributed by atoms with Crippen LogP contribution in [0.2, 0.25) is 0 Å². The Labute approximate surface area is 116 Å². The van der Waals surface area contributed by atoms with Crippen LogP contribution in [-0.2, 0) is 0 Å². The first-order chi connectivity index (χ1) is 9.69. The average Bonchev–Trinajstić information content (AvgIpc) is 2.90. The number of aryl methyl sites for hydroxylation is 1. The van der Waals surface area contributed by atoms with Gasteiger partial charge in [-0.2, -0.15) is 5.26 Å². The monoisotopic (exact) mass is 260 g/mol. The minimum Gasteiger partial charge on any atom is -0.360 e. The summed E-state index contributed by atoms with van der Waals surface area (Å²) in [6.45, 7) is 1.99. The Morgan fingerprint density at radius 3 is 2.60 bits per heavy atom. The molecule has 3 nitrogen and oxygen atoms in total. The lowest BCUT2D eigenvalue weighted by Gasteiger charge is -2.01. The number of fused-ring (bicyclic) bond motifs is 1. The molecule has 0 fully saturated rings. The van der Waals surface area contributed by atoms with Crippen molar-refractivity contribution < 1.29 is 4.79 Å². The second-order valence-corrected chi connectivity index (χ2v) is 4.77. The number of H-pyrrole nitrogens is 1. The highest BCUT2D eigenvalue weighted by atomic mass is 16.1. The van der Waals surface area contributed by atoms with Crippen LogP contribution in [0.5, 0.6) is 0 Å². The summed E-state index contributed by atoms with van der Waals surface area (Å²) in [6.07, 6.45) is 1.70. The lowest BCUT2D eigenvalue weighted by atomic mass is 10.0.